The highest BCUT2D eigenvalue weighted by Gasteiger charge is 2.11. The number of nitrogens with one attached hydrogen (secondary N) is 1. The van der Waals surface area contributed by atoms with Gasteiger partial charge in [0.2, 0.25) is 0 Å². The van der Waals surface area contributed by atoms with E-state index in [4.69, 9.17) is 4.98 Å². The standard InChI is InChI=1S/C23H30N4O/c1-2-3-4-5-10-18-27-21-14-7-6-12-19(21)26-22(27)15-11-17-25-23(28)20-13-8-9-16-24-20/h6-9,12-14,16H,2-5,10-11,15,17-18H2,1H3,(H,25,28). The van der Waals surface area contributed by atoms with Crippen molar-refractivity contribution in [1.29, 1.82) is 0 Å². The molecular weight excluding hydrogens is 348 g/mol. The molecular formula is C23H30N4O. The molecule has 0 bridgehead atoms. The number of pyridine rings is 1. The molecule has 5 heteroatoms. The van der Waals surface area contributed by atoms with Crippen LogP contribution in [0.15, 0.2) is 48.7 Å². The first-order chi connectivity index (χ1) is 13.8. The second-order valence-corrected chi connectivity index (χ2v) is 7.16. The van der Waals surface area contributed by atoms with Gasteiger partial charge in [0.25, 0.3) is 5.91 Å². The summed E-state index contributed by atoms with van der Waals surface area (Å²) in [5.41, 5.74) is 2.73. The van der Waals surface area contributed by atoms with E-state index in [-0.39, 0.29) is 5.91 Å². The maximum atomic E-state index is 12.1. The molecule has 0 saturated carbocycles. The van der Waals surface area contributed by atoms with Crippen LogP contribution in [0, 0.1) is 0 Å². The minimum Gasteiger partial charge on any atom is -0.351 e. The van der Waals surface area contributed by atoms with Crippen LogP contribution in [-0.2, 0) is 13.0 Å². The minimum atomic E-state index is -0.120. The van der Waals surface area contributed by atoms with Crippen molar-refractivity contribution in [2.45, 2.75) is 58.4 Å². The second-order valence-electron chi connectivity index (χ2n) is 7.16. The molecule has 0 aliphatic heterocycles. The molecule has 1 amide bonds. The van der Waals surface area contributed by atoms with Gasteiger partial charge in [0.15, 0.2) is 0 Å². The lowest BCUT2D eigenvalue weighted by Gasteiger charge is -2.10. The van der Waals surface area contributed by atoms with Crippen LogP contribution < -0.4 is 5.32 Å². The summed E-state index contributed by atoms with van der Waals surface area (Å²) in [5, 5.41) is 2.95. The first kappa shape index (κ1) is 20.1. The fraction of sp³-hybridized carbons (Fsp3) is 0.435. The Labute approximate surface area is 167 Å². The summed E-state index contributed by atoms with van der Waals surface area (Å²) < 4.78 is 2.36. The van der Waals surface area contributed by atoms with Crippen LogP contribution in [-0.4, -0.2) is 27.0 Å². The van der Waals surface area contributed by atoms with Crippen molar-refractivity contribution < 1.29 is 4.79 Å². The molecule has 28 heavy (non-hydrogen) atoms. The van der Waals surface area contributed by atoms with Crippen molar-refractivity contribution >= 4 is 16.9 Å². The maximum absolute atomic E-state index is 12.1. The molecule has 3 aromatic rings. The molecule has 0 fully saturated rings. The predicted molar refractivity (Wildman–Crippen MR) is 113 cm³/mol. The zero-order valence-electron chi connectivity index (χ0n) is 16.7. The summed E-state index contributed by atoms with van der Waals surface area (Å²) in [6.45, 7) is 3.88. The van der Waals surface area contributed by atoms with E-state index >= 15 is 0 Å². The Morgan fingerprint density at radius 2 is 1.82 bits per heavy atom. The lowest BCUT2D eigenvalue weighted by Crippen LogP contribution is -2.25. The number of carbonyl (C=O) groups is 1. The number of aromatic nitrogens is 3. The van der Waals surface area contributed by atoms with Gasteiger partial charge in [-0.2, -0.15) is 0 Å². The van der Waals surface area contributed by atoms with Gasteiger partial charge in [-0.25, -0.2) is 4.98 Å². The van der Waals surface area contributed by atoms with Crippen molar-refractivity contribution in [3.05, 3.63) is 60.2 Å². The number of benzene rings is 1. The van der Waals surface area contributed by atoms with E-state index in [2.05, 4.69) is 40.0 Å². The van der Waals surface area contributed by atoms with E-state index in [1.54, 1.807) is 12.3 Å². The van der Waals surface area contributed by atoms with Gasteiger partial charge in [-0.1, -0.05) is 50.8 Å². The molecule has 2 aromatic heterocycles. The fourth-order valence-electron chi connectivity index (χ4n) is 3.48. The third kappa shape index (κ3) is 5.41. The van der Waals surface area contributed by atoms with E-state index in [0.29, 0.717) is 12.2 Å². The topological polar surface area (TPSA) is 59.8 Å². The van der Waals surface area contributed by atoms with E-state index in [1.165, 1.54) is 37.6 Å². The molecule has 0 radical (unpaired) electrons. The van der Waals surface area contributed by atoms with E-state index < -0.39 is 0 Å². The number of imidazole rings is 1. The van der Waals surface area contributed by atoms with Crippen LogP contribution in [0.25, 0.3) is 11.0 Å². The summed E-state index contributed by atoms with van der Waals surface area (Å²) in [7, 11) is 0. The minimum absolute atomic E-state index is 0.120. The van der Waals surface area contributed by atoms with Crippen molar-refractivity contribution in [1.82, 2.24) is 19.9 Å². The summed E-state index contributed by atoms with van der Waals surface area (Å²) in [6, 6.07) is 13.7. The van der Waals surface area contributed by atoms with Crippen LogP contribution in [0.5, 0.6) is 0 Å². The van der Waals surface area contributed by atoms with E-state index in [0.717, 1.165) is 30.7 Å². The number of amides is 1. The van der Waals surface area contributed by atoms with Gasteiger partial charge in [0.1, 0.15) is 11.5 Å². The van der Waals surface area contributed by atoms with Crippen LogP contribution in [0.1, 0.15) is 61.8 Å². The highest BCUT2D eigenvalue weighted by Crippen LogP contribution is 2.18. The third-order valence-corrected chi connectivity index (χ3v) is 4.98. The molecule has 2 heterocycles. The van der Waals surface area contributed by atoms with Crippen LogP contribution in [0.2, 0.25) is 0 Å². The van der Waals surface area contributed by atoms with Gasteiger partial charge >= 0.3 is 0 Å². The monoisotopic (exact) mass is 378 g/mol. The Hall–Kier alpha value is -2.69. The number of hydrogen-bond acceptors (Lipinski definition) is 3. The number of rotatable bonds is 11. The van der Waals surface area contributed by atoms with Crippen molar-refractivity contribution in [2.24, 2.45) is 0 Å². The number of nitrogens with zero attached hydrogens (tertiary/aromatic N) is 3. The zero-order chi connectivity index (χ0) is 19.6. The van der Waals surface area contributed by atoms with Gasteiger partial charge in [-0.05, 0) is 37.1 Å². The number of hydrogen-bond donors (Lipinski definition) is 1. The Balaban J connectivity index is 1.55. The maximum Gasteiger partial charge on any atom is 0.269 e. The van der Waals surface area contributed by atoms with Crippen molar-refractivity contribution in [3.63, 3.8) is 0 Å². The van der Waals surface area contributed by atoms with Gasteiger partial charge in [-0.3, -0.25) is 9.78 Å². The van der Waals surface area contributed by atoms with Crippen molar-refractivity contribution in [3.8, 4) is 0 Å². The lowest BCUT2D eigenvalue weighted by molar-refractivity contribution is 0.0948. The first-order valence-corrected chi connectivity index (χ1v) is 10.4. The van der Waals surface area contributed by atoms with Gasteiger partial charge in [-0.15, -0.1) is 0 Å². The SMILES string of the molecule is CCCCCCCn1c(CCCNC(=O)c2ccccn2)nc2ccccc21. The number of para-hydroxylation sites is 2. The highest BCUT2D eigenvalue weighted by atomic mass is 16.1. The average molecular weight is 379 g/mol. The average Bonchev–Trinajstić information content (AvgIpc) is 3.09. The normalized spacial score (nSPS) is 11.0. The molecule has 1 N–H and O–H groups in total. The Morgan fingerprint density at radius 1 is 1.00 bits per heavy atom. The lowest BCUT2D eigenvalue weighted by atomic mass is 10.1. The van der Waals surface area contributed by atoms with Crippen molar-refractivity contribution in [2.75, 3.05) is 6.54 Å². The number of carbonyl (C=O) groups excluding carboxylic acids is 1. The smallest absolute Gasteiger partial charge is 0.269 e. The molecule has 0 atom stereocenters. The molecule has 3 rings (SSSR count). The molecule has 1 aromatic carbocycles. The van der Waals surface area contributed by atoms with Crippen LogP contribution in [0.3, 0.4) is 0 Å². The molecule has 0 unspecified atom stereocenters. The largest absolute Gasteiger partial charge is 0.351 e. The zero-order valence-corrected chi connectivity index (χ0v) is 16.7. The third-order valence-electron chi connectivity index (χ3n) is 4.98. The highest BCUT2D eigenvalue weighted by molar-refractivity contribution is 5.92. The predicted octanol–water partition coefficient (Wildman–Crippen LogP) is 4.76. The van der Waals surface area contributed by atoms with Crippen LogP contribution in [0.4, 0.5) is 0 Å². The fourth-order valence-corrected chi connectivity index (χ4v) is 3.48. The first-order valence-electron chi connectivity index (χ1n) is 10.4. The molecule has 0 aliphatic rings. The molecule has 5 nitrogen and oxygen atoms in total. The summed E-state index contributed by atoms with van der Waals surface area (Å²) in [5.74, 6) is 0.994. The van der Waals surface area contributed by atoms with E-state index in [1.807, 2.05) is 18.2 Å². The number of aryl methyl sites for hydroxylation is 2. The Kier molecular flexibility index (Phi) is 7.59. The van der Waals surface area contributed by atoms with Crippen LogP contribution >= 0.6 is 0 Å². The quantitative estimate of drug-likeness (QED) is 0.489. The van der Waals surface area contributed by atoms with Gasteiger partial charge in [0, 0.05) is 25.7 Å². The summed E-state index contributed by atoms with van der Waals surface area (Å²) in [6.07, 6.45) is 9.68. The molecule has 0 saturated heterocycles. The molecule has 0 spiro atoms. The van der Waals surface area contributed by atoms with Gasteiger partial charge in [0.05, 0.1) is 11.0 Å². The molecule has 0 aliphatic carbocycles. The summed E-state index contributed by atoms with van der Waals surface area (Å²) in [4.78, 5) is 21.0. The van der Waals surface area contributed by atoms with Gasteiger partial charge < -0.3 is 9.88 Å². The number of fused-ring (bicyclic) bond motifs is 1. The number of unbranched alkanes of at least 4 members (excludes halogenated alkanes) is 4. The Morgan fingerprint density at radius 3 is 2.64 bits per heavy atom. The Bertz CT molecular complexity index is 873. The summed E-state index contributed by atoms with van der Waals surface area (Å²) >= 11 is 0. The van der Waals surface area contributed by atoms with E-state index in [9.17, 15) is 4.79 Å². The second kappa shape index (κ2) is 10.6. The molecule has 148 valence electrons.